The molecule has 0 aliphatic carbocycles. The Morgan fingerprint density at radius 1 is 1.38 bits per heavy atom. The van der Waals surface area contributed by atoms with Crippen LogP contribution in [-0.2, 0) is 4.79 Å². The summed E-state index contributed by atoms with van der Waals surface area (Å²) in [6.45, 7) is 5.46. The summed E-state index contributed by atoms with van der Waals surface area (Å²) in [5.41, 5.74) is 2.60. The summed E-state index contributed by atoms with van der Waals surface area (Å²) < 4.78 is 0. The second kappa shape index (κ2) is 7.89. The van der Waals surface area contributed by atoms with Crippen LogP contribution < -0.4 is 5.32 Å². The van der Waals surface area contributed by atoms with Gasteiger partial charge in [0, 0.05) is 5.69 Å². The molecule has 1 aromatic carbocycles. The number of nitriles is 1. The van der Waals surface area contributed by atoms with Gasteiger partial charge in [0.05, 0.1) is 26.5 Å². The first-order valence-electron chi connectivity index (χ1n) is 7.13. The number of thioether (sulfide) groups is 1. The van der Waals surface area contributed by atoms with Crippen molar-refractivity contribution in [2.45, 2.75) is 31.0 Å². The van der Waals surface area contributed by atoms with Crippen molar-refractivity contribution in [1.29, 1.82) is 5.26 Å². The van der Waals surface area contributed by atoms with E-state index in [9.17, 15) is 10.1 Å². The summed E-state index contributed by atoms with van der Waals surface area (Å²) >= 11 is 13.3. The van der Waals surface area contributed by atoms with Gasteiger partial charge in [-0.2, -0.15) is 5.26 Å². The molecule has 0 bridgehead atoms. The van der Waals surface area contributed by atoms with Crippen molar-refractivity contribution in [2.24, 2.45) is 0 Å². The van der Waals surface area contributed by atoms with Gasteiger partial charge in [-0.1, -0.05) is 41.0 Å². The van der Waals surface area contributed by atoms with Gasteiger partial charge in [-0.05, 0) is 44.5 Å². The Morgan fingerprint density at radius 3 is 2.75 bits per heavy atom. The van der Waals surface area contributed by atoms with E-state index in [0.29, 0.717) is 26.3 Å². The summed E-state index contributed by atoms with van der Waals surface area (Å²) in [6.07, 6.45) is 0. The molecule has 1 aromatic heterocycles. The van der Waals surface area contributed by atoms with Crippen LogP contribution in [-0.4, -0.2) is 16.1 Å². The number of nitrogens with one attached hydrogen (secondary N) is 1. The van der Waals surface area contributed by atoms with Crippen LogP contribution in [0.15, 0.2) is 29.3 Å². The predicted octanol–water partition coefficient (Wildman–Crippen LogP) is 5.00. The number of carbonyl (C=O) groups is 1. The van der Waals surface area contributed by atoms with E-state index in [0.717, 1.165) is 11.3 Å². The number of nitrogens with zero attached hydrogens (tertiary/aromatic N) is 2. The van der Waals surface area contributed by atoms with Crippen LogP contribution in [0, 0.1) is 25.2 Å². The predicted molar refractivity (Wildman–Crippen MR) is 98.8 cm³/mol. The maximum Gasteiger partial charge on any atom is 0.237 e. The minimum Gasteiger partial charge on any atom is -0.324 e. The first-order chi connectivity index (χ1) is 11.3. The topological polar surface area (TPSA) is 65.8 Å². The highest BCUT2D eigenvalue weighted by Gasteiger charge is 2.20. The largest absolute Gasteiger partial charge is 0.324 e. The average Bonchev–Trinajstić information content (AvgIpc) is 2.51. The summed E-state index contributed by atoms with van der Waals surface area (Å²) in [5, 5.41) is 12.8. The fraction of sp³-hybridized carbons (Fsp3) is 0.235. The molecule has 0 spiro atoms. The van der Waals surface area contributed by atoms with Crippen LogP contribution in [0.1, 0.15) is 23.7 Å². The number of halogens is 2. The second-order valence-electron chi connectivity index (χ2n) is 5.22. The molecule has 7 heteroatoms. The lowest BCUT2D eigenvalue weighted by atomic mass is 10.1. The molecular formula is C17H15Cl2N3OS. The van der Waals surface area contributed by atoms with Gasteiger partial charge in [0.2, 0.25) is 5.91 Å². The molecular weight excluding hydrogens is 365 g/mol. The third-order valence-corrected chi connectivity index (χ3v) is 5.20. The van der Waals surface area contributed by atoms with E-state index in [1.165, 1.54) is 11.8 Å². The Hall–Kier alpha value is -1.74. The van der Waals surface area contributed by atoms with Crippen LogP contribution in [0.2, 0.25) is 10.0 Å². The molecule has 124 valence electrons. The van der Waals surface area contributed by atoms with Gasteiger partial charge < -0.3 is 5.32 Å². The van der Waals surface area contributed by atoms with Crippen LogP contribution in [0.25, 0.3) is 0 Å². The van der Waals surface area contributed by atoms with Crippen molar-refractivity contribution >= 4 is 46.6 Å². The number of aromatic nitrogens is 1. The highest BCUT2D eigenvalue weighted by Crippen LogP contribution is 2.31. The molecule has 1 N–H and O–H groups in total. The van der Waals surface area contributed by atoms with Crippen molar-refractivity contribution in [2.75, 3.05) is 5.32 Å². The van der Waals surface area contributed by atoms with Crippen molar-refractivity contribution in [3.8, 4) is 6.07 Å². The average molecular weight is 380 g/mol. The minimum absolute atomic E-state index is 0.242. The molecule has 1 atom stereocenters. The summed E-state index contributed by atoms with van der Waals surface area (Å²) in [7, 11) is 0. The number of aryl methyl sites for hydroxylation is 2. The first kappa shape index (κ1) is 18.6. The van der Waals surface area contributed by atoms with E-state index in [-0.39, 0.29) is 5.91 Å². The van der Waals surface area contributed by atoms with Gasteiger partial charge in [-0.25, -0.2) is 4.98 Å². The number of hydrogen-bond donors (Lipinski definition) is 1. The number of rotatable bonds is 4. The van der Waals surface area contributed by atoms with Gasteiger partial charge in [0.15, 0.2) is 0 Å². The third-order valence-electron chi connectivity index (χ3n) is 3.29. The number of amides is 1. The number of benzene rings is 1. The van der Waals surface area contributed by atoms with Crippen molar-refractivity contribution < 1.29 is 4.79 Å². The lowest BCUT2D eigenvalue weighted by Gasteiger charge is -2.14. The lowest BCUT2D eigenvalue weighted by Crippen LogP contribution is -2.23. The highest BCUT2D eigenvalue weighted by atomic mass is 35.5. The third kappa shape index (κ3) is 4.21. The van der Waals surface area contributed by atoms with Crippen LogP contribution in [0.4, 0.5) is 5.69 Å². The molecule has 2 rings (SSSR count). The Kier molecular flexibility index (Phi) is 6.11. The number of hydrogen-bond acceptors (Lipinski definition) is 4. The van der Waals surface area contributed by atoms with Crippen molar-refractivity contribution in [1.82, 2.24) is 4.98 Å². The van der Waals surface area contributed by atoms with E-state index >= 15 is 0 Å². The number of pyridine rings is 1. The van der Waals surface area contributed by atoms with E-state index in [4.69, 9.17) is 23.2 Å². The summed E-state index contributed by atoms with van der Waals surface area (Å²) in [5.74, 6) is -0.242. The SMILES string of the molecule is Cc1cc(C)c(C#N)c(S[C@@H](C)C(=O)Nc2cccc(Cl)c2Cl)n1. The quantitative estimate of drug-likeness (QED) is 0.759. The molecule has 0 aliphatic rings. The zero-order valence-corrected chi connectivity index (χ0v) is 15.7. The fourth-order valence-corrected chi connectivity index (χ4v) is 3.45. The molecule has 0 saturated carbocycles. The molecule has 0 aliphatic heterocycles. The van der Waals surface area contributed by atoms with Gasteiger partial charge >= 0.3 is 0 Å². The molecule has 4 nitrogen and oxygen atoms in total. The summed E-state index contributed by atoms with van der Waals surface area (Å²) in [6, 6.07) is 9.03. The molecule has 0 fully saturated rings. The minimum atomic E-state index is -0.458. The lowest BCUT2D eigenvalue weighted by molar-refractivity contribution is -0.115. The van der Waals surface area contributed by atoms with Gasteiger partial charge in [-0.15, -0.1) is 0 Å². The zero-order chi connectivity index (χ0) is 17.9. The number of carbonyl (C=O) groups excluding carboxylic acids is 1. The maximum atomic E-state index is 12.4. The number of anilines is 1. The Bertz CT molecular complexity index is 833. The molecule has 0 radical (unpaired) electrons. The first-order valence-corrected chi connectivity index (χ1v) is 8.77. The molecule has 1 heterocycles. The van der Waals surface area contributed by atoms with Gasteiger partial charge in [-0.3, -0.25) is 4.79 Å². The van der Waals surface area contributed by atoms with E-state index in [2.05, 4.69) is 16.4 Å². The maximum absolute atomic E-state index is 12.4. The van der Waals surface area contributed by atoms with Crippen LogP contribution in [0.3, 0.4) is 0 Å². The Morgan fingerprint density at radius 2 is 2.08 bits per heavy atom. The molecule has 0 saturated heterocycles. The van der Waals surface area contributed by atoms with Crippen LogP contribution >= 0.6 is 35.0 Å². The molecule has 2 aromatic rings. The normalized spacial score (nSPS) is 11.7. The van der Waals surface area contributed by atoms with E-state index in [1.807, 2.05) is 19.9 Å². The second-order valence-corrected chi connectivity index (χ2v) is 7.34. The molecule has 1 amide bonds. The van der Waals surface area contributed by atoms with Crippen molar-refractivity contribution in [3.05, 3.63) is 51.1 Å². The Balaban J connectivity index is 2.18. The van der Waals surface area contributed by atoms with Crippen molar-refractivity contribution in [3.63, 3.8) is 0 Å². The van der Waals surface area contributed by atoms with E-state index < -0.39 is 5.25 Å². The molecule has 24 heavy (non-hydrogen) atoms. The highest BCUT2D eigenvalue weighted by molar-refractivity contribution is 8.00. The Labute approximate surface area is 155 Å². The zero-order valence-electron chi connectivity index (χ0n) is 13.4. The monoisotopic (exact) mass is 379 g/mol. The van der Waals surface area contributed by atoms with E-state index in [1.54, 1.807) is 25.1 Å². The van der Waals surface area contributed by atoms with Gasteiger partial charge in [0.1, 0.15) is 11.1 Å². The fourth-order valence-electron chi connectivity index (χ4n) is 2.08. The standard InChI is InChI=1S/C17H15Cl2N3OS/c1-9-7-10(2)21-17(12(9)8-20)24-11(3)16(23)22-14-6-4-5-13(18)15(14)19/h4-7,11H,1-3H3,(H,22,23)/t11-/m0/s1. The smallest absolute Gasteiger partial charge is 0.237 e. The van der Waals surface area contributed by atoms with Crippen LogP contribution in [0.5, 0.6) is 0 Å². The molecule has 0 unspecified atom stereocenters. The summed E-state index contributed by atoms with van der Waals surface area (Å²) in [4.78, 5) is 16.8. The van der Waals surface area contributed by atoms with Gasteiger partial charge in [0.25, 0.3) is 0 Å².